The molecule has 0 N–H and O–H groups in total. The summed E-state index contributed by atoms with van der Waals surface area (Å²) in [6.07, 6.45) is 1.68. The van der Waals surface area contributed by atoms with Crippen molar-refractivity contribution in [2.24, 2.45) is 0 Å². The minimum atomic E-state index is 0. The van der Waals surface area contributed by atoms with Crippen LogP contribution < -0.4 is 56.4 Å². The molecule has 0 aromatic heterocycles. The van der Waals surface area contributed by atoms with Crippen LogP contribution in [0.3, 0.4) is 0 Å². The maximum absolute atomic E-state index is 9.40. The monoisotopic (exact) mass is 109 g/mol. The first-order valence-electron chi connectivity index (χ1n) is 1.85. The summed E-state index contributed by atoms with van der Waals surface area (Å²) in [5.41, 5.74) is 0. The molecule has 0 rings (SSSR count). The zero-order valence-corrected chi connectivity index (χ0v) is 7.52. The van der Waals surface area contributed by atoms with E-state index in [0.717, 1.165) is 13.9 Å². The Morgan fingerprint density at radius 2 is 2.17 bits per heavy atom. The third-order valence-electron chi connectivity index (χ3n) is 0.407. The van der Waals surface area contributed by atoms with Crippen molar-refractivity contribution in [1.29, 1.82) is 0 Å². The summed E-state index contributed by atoms with van der Waals surface area (Å²) in [6, 6.07) is 0. The van der Waals surface area contributed by atoms with Gasteiger partial charge >= 0.3 is 51.4 Å². The summed E-state index contributed by atoms with van der Waals surface area (Å²) in [7, 11) is 0.931. The van der Waals surface area contributed by atoms with E-state index in [4.69, 9.17) is 0 Å². The molecule has 6 heavy (non-hydrogen) atoms. The average molecular weight is 109 g/mol. The maximum Gasteiger partial charge on any atom is 1.00 e. The van der Waals surface area contributed by atoms with E-state index in [1.165, 1.54) is 0 Å². The fraction of sp³-hybridized carbons (Fsp3) is 1.00. The van der Waals surface area contributed by atoms with Crippen LogP contribution in [0.4, 0.5) is 0 Å². The Morgan fingerprint density at radius 3 is 2.17 bits per heavy atom. The minimum Gasteiger partial charge on any atom is -0.885 e. The molecule has 0 aliphatic carbocycles. The van der Waals surface area contributed by atoms with Crippen LogP contribution in [0, 0.1) is 0 Å². The standard InChI is InChI=1S/C3H7BO.K/c1-2-3-4-5;/h2-3H2,1H3;/q-1;+1. The molecule has 0 amide bonds. The molecule has 0 bridgehead atoms. The SMILES string of the molecule is CCC[B][O-].[K+]. The van der Waals surface area contributed by atoms with E-state index < -0.39 is 0 Å². The zero-order chi connectivity index (χ0) is 4.12. The van der Waals surface area contributed by atoms with E-state index in [9.17, 15) is 5.02 Å². The van der Waals surface area contributed by atoms with E-state index in [1.807, 2.05) is 6.92 Å². The fourth-order valence-corrected chi connectivity index (χ4v) is 0.118. The van der Waals surface area contributed by atoms with Gasteiger partial charge in [0.2, 0.25) is 0 Å². The molecule has 0 heterocycles. The Bertz CT molecular complexity index is 18.3. The van der Waals surface area contributed by atoms with E-state index >= 15 is 0 Å². The summed E-state index contributed by atoms with van der Waals surface area (Å²) in [5.74, 6) is 0. The van der Waals surface area contributed by atoms with Crippen molar-refractivity contribution in [3.63, 3.8) is 0 Å². The molecule has 1 radical (unpaired) electrons. The first-order chi connectivity index (χ1) is 2.41. The van der Waals surface area contributed by atoms with Crippen LogP contribution in [-0.2, 0) is 0 Å². The van der Waals surface area contributed by atoms with Gasteiger partial charge in [0.05, 0.1) is 0 Å². The summed E-state index contributed by atoms with van der Waals surface area (Å²) in [4.78, 5) is 0. The topological polar surface area (TPSA) is 23.1 Å². The maximum atomic E-state index is 9.40. The Hall–Kier alpha value is 1.66. The normalized spacial score (nSPS) is 6.33. The van der Waals surface area contributed by atoms with Gasteiger partial charge in [-0.25, -0.2) is 0 Å². The second-order valence-corrected chi connectivity index (χ2v) is 0.955. The van der Waals surface area contributed by atoms with Crippen LogP contribution >= 0.6 is 0 Å². The van der Waals surface area contributed by atoms with Gasteiger partial charge in [-0.2, -0.15) is 0 Å². The smallest absolute Gasteiger partial charge is 0.885 e. The van der Waals surface area contributed by atoms with Gasteiger partial charge in [0, 0.05) is 0 Å². The molecule has 0 aromatic carbocycles. The van der Waals surface area contributed by atoms with Crippen molar-refractivity contribution >= 4 is 7.48 Å². The molecule has 0 aromatic rings. The fourth-order valence-electron chi connectivity index (χ4n) is 0.118. The molecule has 0 spiro atoms. The Labute approximate surface area is 82.2 Å². The molecule has 29 valence electrons. The molecule has 0 saturated carbocycles. The molecule has 1 nitrogen and oxygen atoms in total. The molecule has 0 saturated heterocycles. The molecular weight excluding hydrogens is 102 g/mol. The molecular formula is C3H7BKO. The molecule has 0 atom stereocenters. The summed E-state index contributed by atoms with van der Waals surface area (Å²) in [5, 5.41) is 9.40. The Balaban J connectivity index is 0. The third-order valence-corrected chi connectivity index (χ3v) is 0.407. The molecule has 0 aliphatic heterocycles. The first-order valence-corrected chi connectivity index (χ1v) is 1.85. The average Bonchev–Trinajstić information content (AvgIpc) is 1.41. The van der Waals surface area contributed by atoms with Crippen molar-refractivity contribution in [3.05, 3.63) is 0 Å². The Morgan fingerprint density at radius 1 is 1.67 bits per heavy atom. The van der Waals surface area contributed by atoms with Crippen LogP contribution in [0.2, 0.25) is 6.32 Å². The van der Waals surface area contributed by atoms with Crippen molar-refractivity contribution in [2.45, 2.75) is 19.7 Å². The van der Waals surface area contributed by atoms with Crippen molar-refractivity contribution < 1.29 is 56.4 Å². The van der Waals surface area contributed by atoms with Gasteiger partial charge in [0.15, 0.2) is 0 Å². The van der Waals surface area contributed by atoms with Gasteiger partial charge in [-0.15, -0.1) is 6.32 Å². The van der Waals surface area contributed by atoms with Gasteiger partial charge in [-0.05, 0) is 7.48 Å². The minimum absolute atomic E-state index is 0. The second-order valence-electron chi connectivity index (χ2n) is 0.955. The summed E-state index contributed by atoms with van der Waals surface area (Å²) >= 11 is 0. The van der Waals surface area contributed by atoms with E-state index in [0.29, 0.717) is 6.32 Å². The van der Waals surface area contributed by atoms with Crippen LogP contribution in [0.15, 0.2) is 0 Å². The van der Waals surface area contributed by atoms with Crippen molar-refractivity contribution in [1.82, 2.24) is 0 Å². The van der Waals surface area contributed by atoms with Crippen molar-refractivity contribution in [2.75, 3.05) is 0 Å². The number of rotatable bonds is 2. The second kappa shape index (κ2) is 9.83. The molecule has 0 unspecified atom stereocenters. The van der Waals surface area contributed by atoms with Gasteiger partial charge in [0.25, 0.3) is 0 Å². The van der Waals surface area contributed by atoms with E-state index in [-0.39, 0.29) is 51.4 Å². The number of hydrogen-bond acceptors (Lipinski definition) is 1. The summed E-state index contributed by atoms with van der Waals surface area (Å²) < 4.78 is 0. The van der Waals surface area contributed by atoms with Gasteiger partial charge in [-0.3, -0.25) is 0 Å². The van der Waals surface area contributed by atoms with Gasteiger partial charge in [-0.1, -0.05) is 13.3 Å². The molecule has 3 heteroatoms. The predicted molar refractivity (Wildman–Crippen MR) is 20.9 cm³/mol. The van der Waals surface area contributed by atoms with Crippen LogP contribution in [0.25, 0.3) is 0 Å². The quantitative estimate of drug-likeness (QED) is 0.342. The number of hydrogen-bond donors (Lipinski definition) is 0. The molecule has 0 fully saturated rings. The first kappa shape index (κ1) is 10.6. The van der Waals surface area contributed by atoms with Gasteiger partial charge in [0.1, 0.15) is 0 Å². The van der Waals surface area contributed by atoms with E-state index in [2.05, 4.69) is 0 Å². The van der Waals surface area contributed by atoms with Crippen LogP contribution in [0.1, 0.15) is 13.3 Å². The van der Waals surface area contributed by atoms with Crippen molar-refractivity contribution in [3.8, 4) is 0 Å². The Kier molecular flexibility index (Phi) is 17.4. The van der Waals surface area contributed by atoms with Crippen LogP contribution in [-0.4, -0.2) is 7.48 Å². The zero-order valence-electron chi connectivity index (χ0n) is 4.40. The third kappa shape index (κ3) is 9.18. The summed E-state index contributed by atoms with van der Waals surface area (Å²) in [6.45, 7) is 1.98. The van der Waals surface area contributed by atoms with Crippen LogP contribution in [0.5, 0.6) is 0 Å². The van der Waals surface area contributed by atoms with Gasteiger partial charge < -0.3 is 5.02 Å². The van der Waals surface area contributed by atoms with E-state index in [1.54, 1.807) is 0 Å². The predicted octanol–water partition coefficient (Wildman–Crippen LogP) is -3.20. The largest absolute Gasteiger partial charge is 1.00 e. The molecule has 0 aliphatic rings.